The Morgan fingerprint density at radius 2 is 1.64 bits per heavy atom. The third kappa shape index (κ3) is 5.97. The number of primary amides is 1. The predicted molar refractivity (Wildman–Crippen MR) is 137 cm³/mol. The van der Waals surface area contributed by atoms with Crippen molar-refractivity contribution in [2.45, 2.75) is 31.1 Å². The van der Waals surface area contributed by atoms with E-state index >= 15 is 0 Å². The Hall–Kier alpha value is -3.69. The Morgan fingerprint density at radius 1 is 0.970 bits per heavy atom. The van der Waals surface area contributed by atoms with E-state index in [2.05, 4.69) is 5.32 Å². The molecule has 0 aliphatic carbocycles. The minimum absolute atomic E-state index is 0. The standard InChI is InChI=1S/C24H25N3O5S.5H2/c1-24(2,3)16-9-12-20(21(13-16)32-18-10-7-15(8-11-18)22(25)28)23(29)27-17-5-4-6-19(14-17)33(26,30)31;;;;;/h4-14H,1-3H3,(H2,25,28)(H,27,29)(H2,26,30,31);5*1H. The average molecular weight is 478 g/mol. The van der Waals surface area contributed by atoms with Gasteiger partial charge in [-0.2, -0.15) is 0 Å². The van der Waals surface area contributed by atoms with Crippen LogP contribution >= 0.6 is 0 Å². The molecule has 0 saturated heterocycles. The molecule has 0 saturated carbocycles. The number of anilines is 1. The number of nitrogens with one attached hydrogen (secondary N) is 1. The number of primary sulfonamides is 1. The molecular formula is C24H35N3O5S. The van der Waals surface area contributed by atoms with Crippen LogP contribution in [0.3, 0.4) is 0 Å². The van der Waals surface area contributed by atoms with Crippen molar-refractivity contribution in [2.75, 3.05) is 5.32 Å². The van der Waals surface area contributed by atoms with Crippen molar-refractivity contribution in [2.24, 2.45) is 10.9 Å². The predicted octanol–water partition coefficient (Wildman–Crippen LogP) is 5.01. The number of benzene rings is 3. The van der Waals surface area contributed by atoms with Crippen LogP contribution in [0.5, 0.6) is 11.5 Å². The van der Waals surface area contributed by atoms with Gasteiger partial charge in [-0.1, -0.05) is 32.9 Å². The Kier molecular flexibility index (Phi) is 6.57. The molecule has 0 aliphatic rings. The zero-order valence-corrected chi connectivity index (χ0v) is 19.3. The quantitative estimate of drug-likeness (QED) is 0.458. The number of carbonyl (C=O) groups excluding carboxylic acids is 2. The van der Waals surface area contributed by atoms with Crippen LogP contribution in [0.1, 0.15) is 54.2 Å². The maximum Gasteiger partial charge on any atom is 0.259 e. The molecule has 0 aromatic heterocycles. The fourth-order valence-corrected chi connectivity index (χ4v) is 3.58. The van der Waals surface area contributed by atoms with Crippen molar-refractivity contribution >= 4 is 27.5 Å². The minimum atomic E-state index is -3.92. The summed E-state index contributed by atoms with van der Waals surface area (Å²) >= 11 is 0. The lowest BCUT2D eigenvalue weighted by atomic mass is 9.86. The molecule has 0 fully saturated rings. The highest BCUT2D eigenvalue weighted by Crippen LogP contribution is 2.32. The maximum atomic E-state index is 13.1. The van der Waals surface area contributed by atoms with Crippen LogP contribution in [0.4, 0.5) is 5.69 Å². The van der Waals surface area contributed by atoms with E-state index in [9.17, 15) is 18.0 Å². The maximum absolute atomic E-state index is 13.1. The lowest BCUT2D eigenvalue weighted by Gasteiger charge is -2.21. The average Bonchev–Trinajstić information content (AvgIpc) is 2.73. The zero-order valence-electron chi connectivity index (χ0n) is 18.5. The number of carbonyl (C=O) groups is 2. The fourth-order valence-electron chi connectivity index (χ4n) is 3.02. The van der Waals surface area contributed by atoms with Gasteiger partial charge >= 0.3 is 0 Å². The smallest absolute Gasteiger partial charge is 0.259 e. The largest absolute Gasteiger partial charge is 0.457 e. The van der Waals surface area contributed by atoms with Gasteiger partial charge in [-0.15, -0.1) is 0 Å². The van der Waals surface area contributed by atoms with Gasteiger partial charge in [0.1, 0.15) is 11.5 Å². The first-order valence-corrected chi connectivity index (χ1v) is 11.6. The second kappa shape index (κ2) is 9.05. The van der Waals surface area contributed by atoms with E-state index in [0.717, 1.165) is 5.56 Å². The number of amides is 2. The van der Waals surface area contributed by atoms with E-state index in [-0.39, 0.29) is 28.7 Å². The van der Waals surface area contributed by atoms with Gasteiger partial charge in [0.15, 0.2) is 0 Å². The summed E-state index contributed by atoms with van der Waals surface area (Å²) in [6.45, 7) is 6.10. The third-order valence-corrected chi connectivity index (χ3v) is 5.79. The zero-order chi connectivity index (χ0) is 24.4. The lowest BCUT2D eigenvalue weighted by Crippen LogP contribution is -2.17. The van der Waals surface area contributed by atoms with Gasteiger partial charge in [-0.3, -0.25) is 9.59 Å². The number of ether oxygens (including phenoxy) is 1. The van der Waals surface area contributed by atoms with Crippen LogP contribution in [0.2, 0.25) is 0 Å². The molecule has 0 aliphatic heterocycles. The summed E-state index contributed by atoms with van der Waals surface area (Å²) in [6.07, 6.45) is 0. The molecule has 8 nitrogen and oxygen atoms in total. The molecular weight excluding hydrogens is 442 g/mol. The summed E-state index contributed by atoms with van der Waals surface area (Å²) < 4.78 is 29.2. The SMILES string of the molecule is CC(C)(C)c1ccc(C(=O)Nc2cccc(S(N)(=O)=O)c2)c(Oc2ccc(C(N)=O)cc2)c1.[HH].[HH].[HH].[HH].[HH]. The molecule has 0 atom stereocenters. The molecule has 3 rings (SSSR count). The monoisotopic (exact) mass is 477 g/mol. The lowest BCUT2D eigenvalue weighted by molar-refractivity contribution is 0.0997. The van der Waals surface area contributed by atoms with Crippen LogP contribution in [0.15, 0.2) is 71.6 Å². The summed E-state index contributed by atoms with van der Waals surface area (Å²) in [7, 11) is -3.92. The molecule has 0 spiro atoms. The summed E-state index contributed by atoms with van der Waals surface area (Å²) in [6, 6.07) is 17.1. The van der Waals surface area contributed by atoms with Gasteiger partial charge in [0, 0.05) is 18.4 Å². The topological polar surface area (TPSA) is 142 Å². The highest BCUT2D eigenvalue weighted by atomic mass is 32.2. The van der Waals surface area contributed by atoms with Crippen molar-refractivity contribution in [3.05, 3.63) is 83.4 Å². The van der Waals surface area contributed by atoms with E-state index < -0.39 is 21.8 Å². The van der Waals surface area contributed by atoms with Crippen molar-refractivity contribution in [3.8, 4) is 11.5 Å². The summed E-state index contributed by atoms with van der Waals surface area (Å²) in [4.78, 5) is 24.3. The molecule has 0 heterocycles. The van der Waals surface area contributed by atoms with Gasteiger partial charge in [0.2, 0.25) is 15.9 Å². The minimum Gasteiger partial charge on any atom is -0.457 e. The molecule has 182 valence electrons. The van der Waals surface area contributed by atoms with Crippen LogP contribution in [0, 0.1) is 0 Å². The number of hydrogen-bond acceptors (Lipinski definition) is 5. The number of nitrogens with two attached hydrogens (primary N) is 2. The number of rotatable bonds is 6. The Morgan fingerprint density at radius 3 is 2.21 bits per heavy atom. The van der Waals surface area contributed by atoms with Crippen LogP contribution < -0.4 is 20.9 Å². The van der Waals surface area contributed by atoms with E-state index in [1.807, 2.05) is 26.8 Å². The van der Waals surface area contributed by atoms with Crippen molar-refractivity contribution in [3.63, 3.8) is 0 Å². The van der Waals surface area contributed by atoms with E-state index in [1.54, 1.807) is 30.3 Å². The summed E-state index contributed by atoms with van der Waals surface area (Å²) in [5.41, 5.74) is 6.86. The van der Waals surface area contributed by atoms with E-state index in [0.29, 0.717) is 17.1 Å². The van der Waals surface area contributed by atoms with Crippen molar-refractivity contribution in [1.29, 1.82) is 0 Å². The third-order valence-electron chi connectivity index (χ3n) is 4.88. The van der Waals surface area contributed by atoms with Crippen molar-refractivity contribution < 1.29 is 29.9 Å². The Bertz CT molecular complexity index is 1330. The molecule has 9 heteroatoms. The van der Waals surface area contributed by atoms with Crippen LogP contribution in [-0.2, 0) is 15.4 Å². The number of hydrogen-bond donors (Lipinski definition) is 3. The first kappa shape index (κ1) is 24.0. The second-order valence-corrected chi connectivity index (χ2v) is 10.0. The highest BCUT2D eigenvalue weighted by molar-refractivity contribution is 7.89. The first-order valence-electron chi connectivity index (χ1n) is 10.0. The van der Waals surface area contributed by atoms with Gasteiger partial charge < -0.3 is 15.8 Å². The van der Waals surface area contributed by atoms with Crippen LogP contribution in [-0.4, -0.2) is 20.2 Å². The molecule has 3 aromatic rings. The normalized spacial score (nSPS) is 11.6. The molecule has 0 unspecified atom stereocenters. The van der Waals surface area contributed by atoms with Crippen LogP contribution in [0.25, 0.3) is 0 Å². The molecule has 0 radical (unpaired) electrons. The molecule has 33 heavy (non-hydrogen) atoms. The fraction of sp³-hybridized carbons (Fsp3) is 0.167. The highest BCUT2D eigenvalue weighted by Gasteiger charge is 2.20. The van der Waals surface area contributed by atoms with Gasteiger partial charge in [-0.25, -0.2) is 13.6 Å². The van der Waals surface area contributed by atoms with Gasteiger partial charge in [-0.05, 0) is 65.6 Å². The molecule has 2 amide bonds. The summed E-state index contributed by atoms with van der Waals surface area (Å²) in [5.74, 6) is -0.338. The van der Waals surface area contributed by atoms with E-state index in [1.165, 1.54) is 30.3 Å². The Labute approximate surface area is 200 Å². The first-order chi connectivity index (χ1) is 15.3. The molecule has 0 bridgehead atoms. The van der Waals surface area contributed by atoms with Gasteiger partial charge in [0.05, 0.1) is 10.5 Å². The van der Waals surface area contributed by atoms with Crippen molar-refractivity contribution in [1.82, 2.24) is 0 Å². The summed E-state index contributed by atoms with van der Waals surface area (Å²) in [5, 5.41) is 7.85. The number of sulfonamides is 1. The van der Waals surface area contributed by atoms with E-state index in [4.69, 9.17) is 15.6 Å². The Balaban J connectivity index is -0.00000245. The molecule has 3 aromatic carbocycles. The second-order valence-electron chi connectivity index (χ2n) is 8.48. The van der Waals surface area contributed by atoms with Gasteiger partial charge in [0.25, 0.3) is 5.91 Å². The molecule has 5 N–H and O–H groups in total.